The number of ether oxygens (including phenoxy) is 2. The average Bonchev–Trinajstić information content (AvgIpc) is 2.44. The Morgan fingerprint density at radius 1 is 0.652 bits per heavy atom. The molecule has 0 bridgehead atoms. The first kappa shape index (κ1) is 17.0. The van der Waals surface area contributed by atoms with Crippen molar-refractivity contribution in [1.82, 2.24) is 0 Å². The number of nitrogen functional groups attached to an aromatic ring is 2. The third-order valence-corrected chi connectivity index (χ3v) is 3.47. The molecule has 0 fully saturated rings. The Hall–Kier alpha value is -2.36. The fourth-order valence-electron chi connectivity index (χ4n) is 2.51. The number of unbranched alkanes of at least 4 members (excludes halogenated alkanes) is 2. The molecule has 4 nitrogen and oxygen atoms in total. The molecule has 0 saturated carbocycles. The number of rotatable bonds is 8. The van der Waals surface area contributed by atoms with Gasteiger partial charge in [-0.1, -0.05) is 6.07 Å². The predicted molar refractivity (Wildman–Crippen MR) is 96.0 cm³/mol. The van der Waals surface area contributed by atoms with Crippen LogP contribution in [-0.4, -0.2) is 13.2 Å². The van der Waals surface area contributed by atoms with E-state index in [0.717, 1.165) is 37.4 Å². The zero-order chi connectivity index (χ0) is 16.7. The van der Waals surface area contributed by atoms with Gasteiger partial charge >= 0.3 is 0 Å². The third-order valence-electron chi connectivity index (χ3n) is 3.47. The van der Waals surface area contributed by atoms with Gasteiger partial charge in [-0.05, 0) is 62.4 Å². The Bertz CT molecular complexity index is 545. The molecule has 0 saturated heterocycles. The van der Waals surface area contributed by atoms with Crippen LogP contribution < -0.4 is 20.9 Å². The van der Waals surface area contributed by atoms with Crippen molar-refractivity contribution in [2.75, 3.05) is 24.7 Å². The second-order valence-electron chi connectivity index (χ2n) is 5.92. The maximum Gasteiger partial charge on any atom is 0.123 e. The van der Waals surface area contributed by atoms with Crippen LogP contribution in [0.2, 0.25) is 0 Å². The van der Waals surface area contributed by atoms with E-state index < -0.39 is 0 Å². The number of benzene rings is 2. The quantitative estimate of drug-likeness (QED) is 0.568. The van der Waals surface area contributed by atoms with Gasteiger partial charge in [0, 0.05) is 23.5 Å². The lowest BCUT2D eigenvalue weighted by Crippen LogP contribution is -2.02. The summed E-state index contributed by atoms with van der Waals surface area (Å²) in [4.78, 5) is 0. The van der Waals surface area contributed by atoms with Gasteiger partial charge in [0.05, 0.1) is 13.2 Å². The maximum atomic E-state index is 5.79. The van der Waals surface area contributed by atoms with Crippen molar-refractivity contribution >= 4 is 11.4 Å². The largest absolute Gasteiger partial charge is 0.494 e. The van der Waals surface area contributed by atoms with Crippen molar-refractivity contribution in [1.29, 1.82) is 0 Å². The molecule has 23 heavy (non-hydrogen) atoms. The Morgan fingerprint density at radius 3 is 1.65 bits per heavy atom. The summed E-state index contributed by atoms with van der Waals surface area (Å²) >= 11 is 0. The molecule has 4 heteroatoms. The highest BCUT2D eigenvalue weighted by Crippen LogP contribution is 2.20. The minimum absolute atomic E-state index is 0.627. The molecule has 0 radical (unpaired) electrons. The highest BCUT2D eigenvalue weighted by Gasteiger charge is 1.99. The van der Waals surface area contributed by atoms with E-state index in [9.17, 15) is 0 Å². The summed E-state index contributed by atoms with van der Waals surface area (Å²) in [6.07, 6.45) is 3.04. The van der Waals surface area contributed by atoms with Gasteiger partial charge in [0.1, 0.15) is 11.5 Å². The fourth-order valence-corrected chi connectivity index (χ4v) is 2.51. The van der Waals surface area contributed by atoms with Crippen molar-refractivity contribution in [3.63, 3.8) is 0 Å². The highest BCUT2D eigenvalue weighted by molar-refractivity contribution is 5.56. The van der Waals surface area contributed by atoms with Crippen molar-refractivity contribution in [2.45, 2.75) is 33.1 Å². The van der Waals surface area contributed by atoms with Crippen LogP contribution in [0.25, 0.3) is 0 Å². The zero-order valence-corrected chi connectivity index (χ0v) is 14.0. The lowest BCUT2D eigenvalue weighted by atomic mass is 10.1. The molecular formula is C19H26N2O2. The molecule has 2 aromatic carbocycles. The summed E-state index contributed by atoms with van der Waals surface area (Å²) in [7, 11) is 0. The molecule has 0 spiro atoms. The lowest BCUT2D eigenvalue weighted by Gasteiger charge is -2.09. The normalized spacial score (nSPS) is 10.5. The van der Waals surface area contributed by atoms with E-state index in [-0.39, 0.29) is 0 Å². The molecule has 0 atom stereocenters. The number of aryl methyl sites for hydroxylation is 2. The van der Waals surface area contributed by atoms with Crippen LogP contribution in [0.3, 0.4) is 0 Å². The van der Waals surface area contributed by atoms with Crippen LogP contribution in [0.1, 0.15) is 30.4 Å². The molecule has 4 N–H and O–H groups in total. The number of hydrogen-bond acceptors (Lipinski definition) is 4. The second-order valence-corrected chi connectivity index (χ2v) is 5.92. The van der Waals surface area contributed by atoms with Crippen LogP contribution in [0.4, 0.5) is 11.4 Å². The van der Waals surface area contributed by atoms with Crippen LogP contribution in [-0.2, 0) is 0 Å². The van der Waals surface area contributed by atoms with E-state index in [1.165, 1.54) is 11.1 Å². The van der Waals surface area contributed by atoms with Gasteiger partial charge < -0.3 is 20.9 Å². The van der Waals surface area contributed by atoms with Gasteiger partial charge in [-0.25, -0.2) is 0 Å². The Morgan fingerprint density at radius 2 is 1.13 bits per heavy atom. The Labute approximate surface area is 138 Å². The SMILES string of the molecule is Cc1cc(C)cc(OCCCCCOc2cc(N)cc(N)c2)c1. The molecule has 124 valence electrons. The number of anilines is 2. The van der Waals surface area contributed by atoms with Crippen LogP contribution in [0.5, 0.6) is 11.5 Å². The minimum Gasteiger partial charge on any atom is -0.494 e. The highest BCUT2D eigenvalue weighted by atomic mass is 16.5. The van der Waals surface area contributed by atoms with Crippen LogP contribution in [0, 0.1) is 13.8 Å². The molecule has 0 heterocycles. The average molecular weight is 314 g/mol. The molecule has 0 aliphatic carbocycles. The predicted octanol–water partition coefficient (Wildman–Crippen LogP) is 4.10. The van der Waals surface area contributed by atoms with Gasteiger partial charge in [-0.2, -0.15) is 0 Å². The van der Waals surface area contributed by atoms with Gasteiger partial charge in [-0.15, -0.1) is 0 Å². The summed E-state index contributed by atoms with van der Waals surface area (Å²) in [5, 5.41) is 0. The third kappa shape index (κ3) is 6.10. The van der Waals surface area contributed by atoms with E-state index in [2.05, 4.69) is 32.0 Å². The molecule has 0 amide bonds. The van der Waals surface area contributed by atoms with Crippen molar-refractivity contribution in [2.24, 2.45) is 0 Å². The van der Waals surface area contributed by atoms with E-state index in [4.69, 9.17) is 20.9 Å². The summed E-state index contributed by atoms with van der Waals surface area (Å²) in [6, 6.07) is 11.6. The van der Waals surface area contributed by atoms with Crippen molar-refractivity contribution < 1.29 is 9.47 Å². The summed E-state index contributed by atoms with van der Waals surface area (Å²) < 4.78 is 11.5. The molecule has 2 aromatic rings. The van der Waals surface area contributed by atoms with E-state index >= 15 is 0 Å². The van der Waals surface area contributed by atoms with Crippen molar-refractivity contribution in [3.05, 3.63) is 47.5 Å². The first-order chi connectivity index (χ1) is 11.0. The number of nitrogens with two attached hydrogens (primary N) is 2. The molecule has 0 unspecified atom stereocenters. The second kappa shape index (κ2) is 8.32. The van der Waals surface area contributed by atoms with Crippen molar-refractivity contribution in [3.8, 4) is 11.5 Å². The monoisotopic (exact) mass is 314 g/mol. The number of hydrogen-bond donors (Lipinski definition) is 2. The Kier molecular flexibility index (Phi) is 6.15. The lowest BCUT2D eigenvalue weighted by molar-refractivity contribution is 0.279. The zero-order valence-electron chi connectivity index (χ0n) is 14.0. The smallest absolute Gasteiger partial charge is 0.123 e. The maximum absolute atomic E-state index is 5.79. The Balaban J connectivity index is 1.60. The molecular weight excluding hydrogens is 288 g/mol. The molecule has 0 aromatic heterocycles. The van der Waals surface area contributed by atoms with E-state index in [1.54, 1.807) is 18.2 Å². The van der Waals surface area contributed by atoms with Crippen LogP contribution in [0.15, 0.2) is 36.4 Å². The first-order valence-electron chi connectivity index (χ1n) is 8.03. The fraction of sp³-hybridized carbons (Fsp3) is 0.368. The van der Waals surface area contributed by atoms with Gasteiger partial charge in [0.25, 0.3) is 0 Å². The summed E-state index contributed by atoms with van der Waals surface area (Å²) in [5.41, 5.74) is 15.2. The standard InChI is InChI=1S/C19H26N2O2/c1-14-8-15(2)10-18(9-14)22-6-4-3-5-7-23-19-12-16(20)11-17(21)13-19/h8-13H,3-7,20-21H2,1-2H3. The van der Waals surface area contributed by atoms with Crippen LogP contribution >= 0.6 is 0 Å². The van der Waals surface area contributed by atoms with E-state index in [0.29, 0.717) is 18.0 Å². The summed E-state index contributed by atoms with van der Waals surface area (Å²) in [5.74, 6) is 1.68. The summed E-state index contributed by atoms with van der Waals surface area (Å²) in [6.45, 7) is 5.56. The molecule has 0 aliphatic heterocycles. The van der Waals surface area contributed by atoms with E-state index in [1.807, 2.05) is 0 Å². The molecule has 2 rings (SSSR count). The topological polar surface area (TPSA) is 70.5 Å². The minimum atomic E-state index is 0.627. The first-order valence-corrected chi connectivity index (χ1v) is 8.03. The van der Waals surface area contributed by atoms with Gasteiger partial charge in [0.2, 0.25) is 0 Å². The van der Waals surface area contributed by atoms with Gasteiger partial charge in [0.15, 0.2) is 0 Å². The van der Waals surface area contributed by atoms with Gasteiger partial charge in [-0.3, -0.25) is 0 Å². The molecule has 0 aliphatic rings.